The maximum absolute atomic E-state index is 17.0. The van der Waals surface area contributed by atoms with Gasteiger partial charge in [0.25, 0.3) is 10.0 Å². The molecule has 274 valence electrons. The van der Waals surface area contributed by atoms with Gasteiger partial charge in [-0.1, -0.05) is 12.1 Å². The van der Waals surface area contributed by atoms with Crippen LogP contribution in [0.2, 0.25) is 0 Å². The van der Waals surface area contributed by atoms with E-state index in [9.17, 15) is 17.6 Å². The molecule has 0 aliphatic carbocycles. The zero-order chi connectivity index (χ0) is 37.1. The Bertz CT molecular complexity index is 1960. The van der Waals surface area contributed by atoms with Gasteiger partial charge in [0.05, 0.1) is 27.3 Å². The van der Waals surface area contributed by atoms with E-state index in [-0.39, 0.29) is 23.8 Å². The van der Waals surface area contributed by atoms with Crippen LogP contribution in [0.3, 0.4) is 0 Å². The van der Waals surface area contributed by atoms with Crippen molar-refractivity contribution in [3.05, 3.63) is 89.5 Å². The molecule has 2 atom stereocenters. The Morgan fingerprint density at radius 2 is 1.75 bits per heavy atom. The van der Waals surface area contributed by atoms with E-state index in [1.807, 2.05) is 0 Å². The second kappa shape index (κ2) is 14.9. The Hall–Kier alpha value is -4.64. The third kappa shape index (κ3) is 8.47. The number of anilines is 1. The fraction of sp³-hybridized carbons (Fsp3) is 0.382. The number of benzene rings is 3. The average Bonchev–Trinajstić information content (AvgIpc) is 3.61. The number of nitrogens with zero attached hydrogens (tertiary/aromatic N) is 4. The van der Waals surface area contributed by atoms with Crippen molar-refractivity contribution in [2.45, 2.75) is 55.8 Å². The predicted octanol–water partition coefficient (Wildman–Crippen LogP) is 6.88. The number of carbonyl (C=O) groups excluding carboxylic acids is 1. The number of likely N-dealkylation sites (tertiary alicyclic amines) is 1. The second-order valence-corrected chi connectivity index (χ2v) is 15.3. The van der Waals surface area contributed by atoms with Crippen LogP contribution in [0.1, 0.15) is 44.2 Å². The number of amides is 1. The van der Waals surface area contributed by atoms with Crippen molar-refractivity contribution in [1.82, 2.24) is 14.3 Å². The molecule has 0 N–H and O–H groups in total. The molecule has 1 amide bonds. The van der Waals surface area contributed by atoms with Crippen molar-refractivity contribution in [2.24, 2.45) is 0 Å². The van der Waals surface area contributed by atoms with Crippen molar-refractivity contribution < 1.29 is 49.7 Å². The number of hydrogen-bond acceptors (Lipinski definition) is 10. The zero-order valence-electron chi connectivity index (χ0n) is 28.4. The molecule has 11 nitrogen and oxygen atoms in total. The molecule has 0 spiro atoms. The summed E-state index contributed by atoms with van der Waals surface area (Å²) in [6.45, 7) is 3.28. The molecule has 0 saturated carbocycles. The smallest absolute Gasteiger partial charge is 0.410 e. The summed E-state index contributed by atoms with van der Waals surface area (Å²) < 4.78 is 116. The molecule has 17 heteroatoms. The molecule has 51 heavy (non-hydrogen) atoms. The number of alkyl halides is 1. The summed E-state index contributed by atoms with van der Waals surface area (Å²) in [6, 6.07) is 10.8. The quantitative estimate of drug-likeness (QED) is 0.151. The first-order valence-corrected chi connectivity index (χ1v) is 17.8. The number of ether oxygens (including phenoxy) is 4. The third-order valence-electron chi connectivity index (χ3n) is 8.08. The van der Waals surface area contributed by atoms with Crippen LogP contribution in [-0.2, 0) is 21.3 Å². The SMILES string of the molecule is COc1ccc(CN(c2ncns2)S(=O)(=O)c2cc(F)c(OCC3(F)CN(C(=O)OC(C)(C)C)CCC3c3ccc(F)cc3)cc2F)c(OC)c1. The maximum atomic E-state index is 17.0. The lowest BCUT2D eigenvalue weighted by molar-refractivity contribution is -0.0305. The summed E-state index contributed by atoms with van der Waals surface area (Å²) in [4.78, 5) is 17.0. The molecular weight excluding hydrogens is 717 g/mol. The monoisotopic (exact) mass is 752 g/mol. The number of rotatable bonds is 11. The van der Waals surface area contributed by atoms with Gasteiger partial charge in [0.15, 0.2) is 17.2 Å². The Kier molecular flexibility index (Phi) is 11.0. The summed E-state index contributed by atoms with van der Waals surface area (Å²) in [5.74, 6) is -4.21. The van der Waals surface area contributed by atoms with Gasteiger partial charge in [0.1, 0.15) is 46.6 Å². The van der Waals surface area contributed by atoms with E-state index in [0.29, 0.717) is 40.5 Å². The van der Waals surface area contributed by atoms with Gasteiger partial charge in [-0.3, -0.25) is 0 Å². The summed E-state index contributed by atoms with van der Waals surface area (Å²) >= 11 is 0.714. The van der Waals surface area contributed by atoms with Crippen LogP contribution in [0.4, 0.5) is 27.5 Å². The lowest BCUT2D eigenvalue weighted by atomic mass is 9.78. The Labute approximate surface area is 296 Å². The molecule has 1 aliphatic heterocycles. The van der Waals surface area contributed by atoms with E-state index in [1.165, 1.54) is 44.6 Å². The fourth-order valence-electron chi connectivity index (χ4n) is 5.64. The van der Waals surface area contributed by atoms with E-state index in [0.717, 1.165) is 15.5 Å². The lowest BCUT2D eigenvalue weighted by Gasteiger charge is -2.43. The predicted molar refractivity (Wildman–Crippen MR) is 180 cm³/mol. The van der Waals surface area contributed by atoms with E-state index in [4.69, 9.17) is 18.9 Å². The van der Waals surface area contributed by atoms with Gasteiger partial charge < -0.3 is 23.8 Å². The first-order valence-electron chi connectivity index (χ1n) is 15.6. The van der Waals surface area contributed by atoms with E-state index >= 15 is 13.2 Å². The Morgan fingerprint density at radius 1 is 1.02 bits per heavy atom. The molecular formula is C34H36F4N4O7S2. The molecule has 0 radical (unpaired) electrons. The number of piperidine rings is 1. The minimum absolute atomic E-state index is 0.0825. The van der Waals surface area contributed by atoms with Gasteiger partial charge in [0.2, 0.25) is 5.13 Å². The van der Waals surface area contributed by atoms with Crippen molar-refractivity contribution in [2.75, 3.05) is 38.2 Å². The first-order chi connectivity index (χ1) is 24.0. The van der Waals surface area contributed by atoms with E-state index in [2.05, 4.69) is 9.36 Å². The Morgan fingerprint density at radius 3 is 2.37 bits per heavy atom. The van der Waals surface area contributed by atoms with Crippen molar-refractivity contribution >= 4 is 32.8 Å². The molecule has 2 heterocycles. The molecule has 4 aromatic rings. The van der Waals surface area contributed by atoms with Crippen molar-refractivity contribution in [3.63, 3.8) is 0 Å². The highest BCUT2D eigenvalue weighted by Gasteiger charge is 2.48. The van der Waals surface area contributed by atoms with Gasteiger partial charge in [-0.2, -0.15) is 4.37 Å². The van der Waals surface area contributed by atoms with Gasteiger partial charge in [-0.05, 0) is 57.0 Å². The number of hydrogen-bond donors (Lipinski definition) is 0. The highest BCUT2D eigenvalue weighted by Crippen LogP contribution is 2.41. The van der Waals surface area contributed by atoms with Gasteiger partial charge >= 0.3 is 6.09 Å². The van der Waals surface area contributed by atoms with Crippen molar-refractivity contribution in [3.8, 4) is 17.2 Å². The van der Waals surface area contributed by atoms with Crippen LogP contribution in [-0.4, -0.2) is 74.0 Å². The third-order valence-corrected chi connectivity index (χ3v) is 10.6. The van der Waals surface area contributed by atoms with Crippen LogP contribution >= 0.6 is 11.5 Å². The van der Waals surface area contributed by atoms with Crippen molar-refractivity contribution in [1.29, 1.82) is 0 Å². The van der Waals surface area contributed by atoms with Gasteiger partial charge in [-0.25, -0.2) is 40.1 Å². The summed E-state index contributed by atoms with van der Waals surface area (Å²) in [5, 5.41) is -0.133. The summed E-state index contributed by atoms with van der Waals surface area (Å²) in [5.41, 5.74) is -2.48. The molecule has 3 aromatic carbocycles. The van der Waals surface area contributed by atoms with Gasteiger partial charge in [0, 0.05) is 47.8 Å². The van der Waals surface area contributed by atoms with Crippen LogP contribution in [0.5, 0.6) is 17.2 Å². The van der Waals surface area contributed by atoms with Crippen LogP contribution in [0.25, 0.3) is 0 Å². The fourth-order valence-corrected chi connectivity index (χ4v) is 7.83. The summed E-state index contributed by atoms with van der Waals surface area (Å²) in [7, 11) is -2.02. The minimum Gasteiger partial charge on any atom is -0.497 e. The van der Waals surface area contributed by atoms with Gasteiger partial charge in [-0.15, -0.1) is 0 Å². The van der Waals surface area contributed by atoms with Crippen LogP contribution in [0, 0.1) is 17.5 Å². The topological polar surface area (TPSA) is 120 Å². The average molecular weight is 753 g/mol. The molecule has 1 aromatic heterocycles. The number of halogens is 4. The molecule has 1 saturated heterocycles. The first kappa shape index (κ1) is 37.6. The minimum atomic E-state index is -4.84. The number of carbonyl (C=O) groups is 1. The Balaban J connectivity index is 1.44. The molecule has 2 unspecified atom stereocenters. The molecule has 1 aliphatic rings. The molecule has 1 fully saturated rings. The van der Waals surface area contributed by atoms with Crippen LogP contribution < -0.4 is 18.5 Å². The zero-order valence-corrected chi connectivity index (χ0v) is 30.0. The normalized spacial score (nSPS) is 17.9. The largest absolute Gasteiger partial charge is 0.497 e. The lowest BCUT2D eigenvalue weighted by Crippen LogP contribution is -2.55. The molecule has 5 rings (SSSR count). The molecule has 0 bridgehead atoms. The van der Waals surface area contributed by atoms with E-state index in [1.54, 1.807) is 32.9 Å². The standard InChI is InChI=1S/C34H36F4N4O7S2/c1-33(2,3)49-32(43)41-13-12-25(21-6-9-23(35)10-7-21)34(38,18-41)19-48-29-15-27(37)30(16-26(29)36)51(44,45)42(31-39-20-40-50-31)17-22-8-11-24(46-4)14-28(22)47-5/h6-11,14-16,20,25H,12-13,17-19H2,1-5H3. The number of aromatic nitrogens is 2. The second-order valence-electron chi connectivity index (χ2n) is 12.7. The van der Waals surface area contributed by atoms with E-state index < -0.39 is 81.1 Å². The van der Waals surface area contributed by atoms with Crippen LogP contribution in [0.15, 0.2) is 65.8 Å². The highest BCUT2D eigenvalue weighted by atomic mass is 32.2. The number of sulfonamides is 1. The highest BCUT2D eigenvalue weighted by molar-refractivity contribution is 7.93. The number of methoxy groups -OCH3 is 2. The summed E-state index contributed by atoms with van der Waals surface area (Å²) in [6.07, 6.45) is 0.420. The maximum Gasteiger partial charge on any atom is 0.410 e.